The van der Waals surface area contributed by atoms with Crippen molar-refractivity contribution in [3.8, 4) is 0 Å². The second kappa shape index (κ2) is 7.14. The smallest absolute Gasteiger partial charge is 0.331 e. The molecule has 1 aromatic heterocycles. The van der Waals surface area contributed by atoms with E-state index < -0.39 is 42.9 Å². The molecule has 0 aliphatic heterocycles. The van der Waals surface area contributed by atoms with E-state index in [9.17, 15) is 14.7 Å². The van der Waals surface area contributed by atoms with E-state index in [4.69, 9.17) is 14.9 Å². The summed E-state index contributed by atoms with van der Waals surface area (Å²) in [5, 5.41) is 27.3. The van der Waals surface area contributed by atoms with Crippen LogP contribution in [-0.4, -0.2) is 50.3 Å². The average molecular weight is 386 g/mol. The maximum atomic E-state index is 11.7. The lowest BCUT2D eigenvalue weighted by molar-refractivity contribution is -0.128. The topological polar surface area (TPSA) is 125 Å². The van der Waals surface area contributed by atoms with Gasteiger partial charge in [0, 0.05) is 6.07 Å². The number of halogens is 1. The van der Waals surface area contributed by atoms with Crippen LogP contribution < -0.4 is 11.2 Å². The van der Waals surface area contributed by atoms with Crippen LogP contribution in [0.15, 0.2) is 15.7 Å². The van der Waals surface area contributed by atoms with Crippen LogP contribution >= 0.6 is 22.6 Å². The number of aliphatic hydroxyl groups excluding tert-OH is 3. The van der Waals surface area contributed by atoms with E-state index in [0.29, 0.717) is 3.70 Å². The highest BCUT2D eigenvalue weighted by molar-refractivity contribution is 14.1. The standard InChI is InChI=1S/C10H15IN2O6/c1-5(19-7(4-15)6(16)3-14)13-8(11)2-9(17)12-10(13)18/h2,5-7,14-16H,3-4H2,1H3,(H,12,17,18)/t5?,6-,7-/m1/s1. The molecule has 8 nitrogen and oxygen atoms in total. The normalized spacial score (nSPS) is 16.1. The first-order chi connectivity index (χ1) is 8.90. The second-order valence-corrected chi connectivity index (χ2v) is 4.94. The maximum absolute atomic E-state index is 11.7. The lowest BCUT2D eigenvalue weighted by atomic mass is 10.2. The Kier molecular flexibility index (Phi) is 6.13. The van der Waals surface area contributed by atoms with Gasteiger partial charge in [0.2, 0.25) is 0 Å². The van der Waals surface area contributed by atoms with E-state index in [1.54, 1.807) is 22.6 Å². The molecule has 0 amide bonds. The van der Waals surface area contributed by atoms with Crippen molar-refractivity contribution in [2.24, 2.45) is 0 Å². The fraction of sp³-hybridized carbons (Fsp3) is 0.600. The first-order valence-corrected chi connectivity index (χ1v) is 6.55. The van der Waals surface area contributed by atoms with Gasteiger partial charge in [0.05, 0.1) is 16.9 Å². The van der Waals surface area contributed by atoms with E-state index in [1.165, 1.54) is 13.0 Å². The zero-order valence-electron chi connectivity index (χ0n) is 10.1. The number of hydrogen-bond donors (Lipinski definition) is 4. The molecule has 0 spiro atoms. The number of nitrogens with zero attached hydrogens (tertiary/aromatic N) is 1. The molecule has 1 unspecified atom stereocenters. The van der Waals surface area contributed by atoms with Gasteiger partial charge in [-0.25, -0.2) is 4.79 Å². The molecule has 3 atom stereocenters. The third-order valence-electron chi connectivity index (χ3n) is 2.46. The summed E-state index contributed by atoms with van der Waals surface area (Å²) in [7, 11) is 0. The van der Waals surface area contributed by atoms with Gasteiger partial charge in [0.15, 0.2) is 0 Å². The van der Waals surface area contributed by atoms with Crippen LogP contribution in [0.5, 0.6) is 0 Å². The predicted molar refractivity (Wildman–Crippen MR) is 73.8 cm³/mol. The first kappa shape index (κ1) is 16.3. The molecular weight excluding hydrogens is 371 g/mol. The van der Waals surface area contributed by atoms with E-state index in [2.05, 4.69) is 4.98 Å². The van der Waals surface area contributed by atoms with Crippen molar-refractivity contribution in [3.05, 3.63) is 30.6 Å². The van der Waals surface area contributed by atoms with Crippen LogP contribution in [0.3, 0.4) is 0 Å². The number of aromatic amines is 1. The van der Waals surface area contributed by atoms with Gasteiger partial charge in [-0.3, -0.25) is 14.3 Å². The van der Waals surface area contributed by atoms with E-state index >= 15 is 0 Å². The Labute approximate surface area is 121 Å². The summed E-state index contributed by atoms with van der Waals surface area (Å²) in [5.74, 6) is 0. The van der Waals surface area contributed by atoms with Crippen molar-refractivity contribution in [2.45, 2.75) is 25.4 Å². The minimum Gasteiger partial charge on any atom is -0.394 e. The van der Waals surface area contributed by atoms with Gasteiger partial charge in [0.1, 0.15) is 18.4 Å². The second-order valence-electron chi connectivity index (χ2n) is 3.84. The molecule has 0 aliphatic rings. The summed E-state index contributed by atoms with van der Waals surface area (Å²) >= 11 is 1.80. The van der Waals surface area contributed by atoms with Crippen LogP contribution in [0, 0.1) is 3.70 Å². The van der Waals surface area contributed by atoms with Crippen molar-refractivity contribution in [3.63, 3.8) is 0 Å². The summed E-state index contributed by atoms with van der Waals surface area (Å²) < 4.78 is 6.83. The van der Waals surface area contributed by atoms with Crippen LogP contribution in [0.25, 0.3) is 0 Å². The quantitative estimate of drug-likeness (QED) is 0.345. The minimum absolute atomic E-state index is 0.356. The highest BCUT2D eigenvalue weighted by atomic mass is 127. The van der Waals surface area contributed by atoms with Crippen molar-refractivity contribution >= 4 is 22.6 Å². The van der Waals surface area contributed by atoms with E-state index in [-0.39, 0.29) is 0 Å². The fourth-order valence-electron chi connectivity index (χ4n) is 1.50. The van der Waals surface area contributed by atoms with Crippen LogP contribution in [0.1, 0.15) is 13.2 Å². The SMILES string of the molecule is CC(O[C@H](CO)[C@H](O)CO)n1c(I)cc(=O)[nH]c1=O. The maximum Gasteiger partial charge on any atom is 0.331 e. The Balaban J connectivity index is 2.98. The number of H-pyrrole nitrogens is 1. The van der Waals surface area contributed by atoms with Crippen LogP contribution in [0.4, 0.5) is 0 Å². The molecule has 0 radical (unpaired) electrons. The molecular formula is C10H15IN2O6. The zero-order chi connectivity index (χ0) is 14.6. The zero-order valence-corrected chi connectivity index (χ0v) is 12.3. The number of ether oxygens (including phenoxy) is 1. The van der Waals surface area contributed by atoms with Gasteiger partial charge >= 0.3 is 5.69 Å². The summed E-state index contributed by atoms with van der Waals surface area (Å²) in [4.78, 5) is 24.8. The highest BCUT2D eigenvalue weighted by Gasteiger charge is 2.23. The Morgan fingerprint density at radius 3 is 2.53 bits per heavy atom. The highest BCUT2D eigenvalue weighted by Crippen LogP contribution is 2.13. The average Bonchev–Trinajstić information content (AvgIpc) is 2.33. The summed E-state index contributed by atoms with van der Waals surface area (Å²) in [6.45, 7) is 0.435. The molecule has 9 heteroatoms. The Morgan fingerprint density at radius 1 is 1.42 bits per heavy atom. The molecule has 0 aliphatic carbocycles. The van der Waals surface area contributed by atoms with Crippen molar-refractivity contribution < 1.29 is 20.1 Å². The first-order valence-electron chi connectivity index (χ1n) is 5.47. The van der Waals surface area contributed by atoms with Gasteiger partial charge in [-0.05, 0) is 29.5 Å². The predicted octanol–water partition coefficient (Wildman–Crippen LogP) is -1.61. The van der Waals surface area contributed by atoms with E-state index in [0.717, 1.165) is 4.57 Å². The van der Waals surface area contributed by atoms with Gasteiger partial charge in [-0.15, -0.1) is 0 Å². The number of rotatable bonds is 6. The molecule has 4 N–H and O–H groups in total. The van der Waals surface area contributed by atoms with Crippen molar-refractivity contribution in [1.82, 2.24) is 9.55 Å². The summed E-state index contributed by atoms with van der Waals surface area (Å²) in [6.07, 6.45) is -3.12. The number of aromatic nitrogens is 2. The molecule has 108 valence electrons. The molecule has 1 aromatic rings. The fourth-order valence-corrected chi connectivity index (χ4v) is 2.40. The van der Waals surface area contributed by atoms with Gasteiger partial charge < -0.3 is 20.1 Å². The molecule has 19 heavy (non-hydrogen) atoms. The molecule has 1 rings (SSSR count). The molecule has 1 heterocycles. The van der Waals surface area contributed by atoms with Gasteiger partial charge in [-0.1, -0.05) is 0 Å². The lowest BCUT2D eigenvalue weighted by Gasteiger charge is -2.25. The number of aliphatic hydroxyl groups is 3. The largest absolute Gasteiger partial charge is 0.394 e. The van der Waals surface area contributed by atoms with Crippen molar-refractivity contribution in [1.29, 1.82) is 0 Å². The third kappa shape index (κ3) is 4.11. The summed E-state index contributed by atoms with van der Waals surface area (Å²) in [6, 6.07) is 1.22. The van der Waals surface area contributed by atoms with Gasteiger partial charge in [-0.2, -0.15) is 0 Å². The molecule has 0 aromatic carbocycles. The monoisotopic (exact) mass is 386 g/mol. The molecule has 0 saturated heterocycles. The van der Waals surface area contributed by atoms with Crippen molar-refractivity contribution in [2.75, 3.05) is 13.2 Å². The minimum atomic E-state index is -1.26. The summed E-state index contributed by atoms with van der Waals surface area (Å²) in [5.41, 5.74) is -1.17. The number of nitrogens with one attached hydrogen (secondary N) is 1. The third-order valence-corrected chi connectivity index (χ3v) is 3.29. The van der Waals surface area contributed by atoms with E-state index in [1.807, 2.05) is 0 Å². The molecule has 0 saturated carbocycles. The van der Waals surface area contributed by atoms with Crippen LogP contribution in [-0.2, 0) is 4.74 Å². The molecule has 0 fully saturated rings. The molecule has 0 bridgehead atoms. The van der Waals surface area contributed by atoms with Gasteiger partial charge in [0.25, 0.3) is 5.56 Å². The number of hydrogen-bond acceptors (Lipinski definition) is 6. The Morgan fingerprint density at radius 2 is 2.05 bits per heavy atom. The Hall–Kier alpha value is -0.750. The Bertz CT molecular complexity index is 527. The van der Waals surface area contributed by atoms with Crippen LogP contribution in [0.2, 0.25) is 0 Å². The lowest BCUT2D eigenvalue weighted by Crippen LogP contribution is -2.40.